The van der Waals surface area contributed by atoms with Crippen molar-refractivity contribution in [3.05, 3.63) is 22.2 Å². The molecule has 1 aromatic heterocycles. The number of aliphatic imine (C=N–C) groups is 2. The number of Topliss-reactive ketones (excluding diaryl/α,β-unsaturated/α-hetero) is 1. The minimum atomic E-state index is -0.110. The van der Waals surface area contributed by atoms with E-state index in [4.69, 9.17) is 4.74 Å². The molecule has 8 heteroatoms. The Morgan fingerprint density at radius 2 is 1.85 bits per heavy atom. The van der Waals surface area contributed by atoms with Crippen LogP contribution >= 0.6 is 0 Å². The van der Waals surface area contributed by atoms with Crippen LogP contribution in [0.2, 0.25) is 0 Å². The van der Waals surface area contributed by atoms with Crippen LogP contribution in [-0.4, -0.2) is 52.8 Å². The summed E-state index contributed by atoms with van der Waals surface area (Å²) in [6.07, 6.45) is 5.03. The number of fused-ring (bicyclic) bond motifs is 2. The van der Waals surface area contributed by atoms with E-state index in [9.17, 15) is 9.59 Å². The predicted octanol–water partition coefficient (Wildman–Crippen LogP) is 1.05. The Kier molecular flexibility index (Phi) is 3.58. The summed E-state index contributed by atoms with van der Waals surface area (Å²) in [6.45, 7) is 4.48. The molecule has 0 unspecified atom stereocenters. The van der Waals surface area contributed by atoms with Gasteiger partial charge in [0.1, 0.15) is 18.1 Å². The number of ether oxygens (including phenoxy) is 1. The Morgan fingerprint density at radius 3 is 2.69 bits per heavy atom. The zero-order valence-corrected chi connectivity index (χ0v) is 14.6. The molecule has 5 rings (SSSR count). The highest BCUT2D eigenvalue weighted by atomic mass is 16.5. The van der Waals surface area contributed by atoms with E-state index in [-0.39, 0.29) is 17.8 Å². The second kappa shape index (κ2) is 5.96. The highest BCUT2D eigenvalue weighted by molar-refractivity contribution is 6.50. The lowest BCUT2D eigenvalue weighted by Crippen LogP contribution is -2.29. The van der Waals surface area contributed by atoms with Crippen LogP contribution in [0.1, 0.15) is 25.7 Å². The second-order valence-corrected chi connectivity index (χ2v) is 7.05. The van der Waals surface area contributed by atoms with Gasteiger partial charge in [0.2, 0.25) is 0 Å². The molecular formula is C18H21N5O3. The van der Waals surface area contributed by atoms with Gasteiger partial charge in [0.15, 0.2) is 17.3 Å². The maximum Gasteiger partial charge on any atom is 0.294 e. The summed E-state index contributed by atoms with van der Waals surface area (Å²) in [6, 6.07) is 0. The molecule has 0 amide bonds. The first-order valence-corrected chi connectivity index (χ1v) is 9.31. The molecule has 0 atom stereocenters. The summed E-state index contributed by atoms with van der Waals surface area (Å²) in [5.74, 6) is 1.37. The van der Waals surface area contributed by atoms with Gasteiger partial charge in [0.25, 0.3) is 5.56 Å². The first-order valence-electron chi connectivity index (χ1n) is 9.31. The Balaban J connectivity index is 1.63. The Labute approximate surface area is 150 Å². The quantitative estimate of drug-likeness (QED) is 0.794. The molecule has 4 heterocycles. The molecule has 0 spiro atoms. The van der Waals surface area contributed by atoms with Gasteiger partial charge in [-0.3, -0.25) is 19.3 Å². The number of carbonyl (C=O) groups excluding carboxylic acids is 1. The van der Waals surface area contributed by atoms with Crippen molar-refractivity contribution in [2.45, 2.75) is 38.8 Å². The average Bonchev–Trinajstić information content (AvgIpc) is 3.36. The molecule has 3 aliphatic heterocycles. The van der Waals surface area contributed by atoms with E-state index < -0.39 is 0 Å². The zero-order valence-electron chi connectivity index (χ0n) is 14.6. The third-order valence-electron chi connectivity index (χ3n) is 5.38. The summed E-state index contributed by atoms with van der Waals surface area (Å²) in [4.78, 5) is 36.6. The third kappa shape index (κ3) is 2.35. The topological polar surface area (TPSA) is 81.2 Å². The summed E-state index contributed by atoms with van der Waals surface area (Å²) in [5, 5.41) is 0. The van der Waals surface area contributed by atoms with Crippen LogP contribution < -0.4 is 10.5 Å². The van der Waals surface area contributed by atoms with E-state index >= 15 is 0 Å². The van der Waals surface area contributed by atoms with Gasteiger partial charge in [-0.2, -0.15) is 0 Å². The van der Waals surface area contributed by atoms with Crippen LogP contribution in [0.3, 0.4) is 0 Å². The number of rotatable bonds is 2. The number of ketones is 1. The lowest BCUT2D eigenvalue weighted by Gasteiger charge is -2.21. The van der Waals surface area contributed by atoms with Gasteiger partial charge in [-0.1, -0.05) is 0 Å². The van der Waals surface area contributed by atoms with Crippen LogP contribution in [0.4, 0.5) is 11.5 Å². The van der Waals surface area contributed by atoms with Crippen LogP contribution in [0, 0.1) is 0 Å². The summed E-state index contributed by atoms with van der Waals surface area (Å²) in [7, 11) is 0. The normalized spacial score (nSPS) is 23.6. The molecule has 0 N–H and O–H groups in total. The summed E-state index contributed by atoms with van der Waals surface area (Å²) >= 11 is 0. The molecule has 8 nitrogen and oxygen atoms in total. The van der Waals surface area contributed by atoms with Crippen molar-refractivity contribution in [2.75, 3.05) is 31.1 Å². The molecule has 26 heavy (non-hydrogen) atoms. The fourth-order valence-electron chi connectivity index (χ4n) is 4.15. The molecular weight excluding hydrogens is 334 g/mol. The zero-order chi connectivity index (χ0) is 17.7. The lowest BCUT2D eigenvalue weighted by molar-refractivity contribution is -0.112. The van der Waals surface area contributed by atoms with Crippen molar-refractivity contribution in [2.24, 2.45) is 9.98 Å². The Bertz CT molecular complexity index is 927. The first kappa shape index (κ1) is 15.6. The number of carbonyl (C=O) groups is 1. The minimum Gasteiger partial charge on any atom is -0.490 e. The van der Waals surface area contributed by atoms with Gasteiger partial charge in [-0.25, -0.2) is 9.67 Å². The van der Waals surface area contributed by atoms with Crippen molar-refractivity contribution in [1.29, 1.82) is 0 Å². The highest BCUT2D eigenvalue weighted by Gasteiger charge is 2.31. The molecule has 1 aromatic rings. The highest BCUT2D eigenvalue weighted by Crippen LogP contribution is 2.32. The molecule has 0 saturated carbocycles. The molecule has 1 fully saturated rings. The van der Waals surface area contributed by atoms with Crippen molar-refractivity contribution < 1.29 is 9.53 Å². The number of aromatic nitrogens is 2. The smallest absolute Gasteiger partial charge is 0.294 e. The van der Waals surface area contributed by atoms with Gasteiger partial charge < -0.3 is 9.64 Å². The summed E-state index contributed by atoms with van der Waals surface area (Å²) < 4.78 is 9.42. The monoisotopic (exact) mass is 355 g/mol. The van der Waals surface area contributed by atoms with E-state index in [2.05, 4.69) is 14.9 Å². The van der Waals surface area contributed by atoms with Gasteiger partial charge in [-0.15, -0.1) is 0 Å². The van der Waals surface area contributed by atoms with E-state index in [1.165, 1.54) is 0 Å². The molecule has 0 radical (unpaired) electrons. The van der Waals surface area contributed by atoms with Crippen LogP contribution in [0.5, 0.6) is 0 Å². The van der Waals surface area contributed by atoms with Gasteiger partial charge >= 0.3 is 0 Å². The average molecular weight is 355 g/mol. The van der Waals surface area contributed by atoms with Crippen molar-refractivity contribution in [1.82, 2.24) is 9.36 Å². The molecule has 0 bridgehead atoms. The number of hydrogen-bond acceptors (Lipinski definition) is 6. The number of anilines is 1. The lowest BCUT2D eigenvalue weighted by atomic mass is 10.00. The van der Waals surface area contributed by atoms with Crippen molar-refractivity contribution in [3.8, 4) is 0 Å². The molecule has 0 aromatic carbocycles. The van der Waals surface area contributed by atoms with Gasteiger partial charge in [0.05, 0.1) is 18.7 Å². The maximum atomic E-state index is 12.9. The Hall–Kier alpha value is -2.64. The van der Waals surface area contributed by atoms with Crippen molar-refractivity contribution >= 4 is 28.7 Å². The minimum absolute atomic E-state index is 0.105. The van der Waals surface area contributed by atoms with E-state index in [1.807, 2.05) is 4.68 Å². The number of allylic oxidation sites excluding steroid dienone is 2. The van der Waals surface area contributed by atoms with Crippen LogP contribution in [0.25, 0.3) is 0 Å². The number of hydrogen-bond donors (Lipinski definition) is 0. The number of nitrogens with zero attached hydrogens (tertiary/aromatic N) is 5. The Morgan fingerprint density at radius 1 is 1.04 bits per heavy atom. The molecule has 1 saturated heterocycles. The predicted molar refractivity (Wildman–Crippen MR) is 97.8 cm³/mol. The maximum absolute atomic E-state index is 12.9. The van der Waals surface area contributed by atoms with E-state index in [1.54, 1.807) is 10.8 Å². The van der Waals surface area contributed by atoms with Gasteiger partial charge in [0, 0.05) is 32.3 Å². The second-order valence-electron chi connectivity index (χ2n) is 7.05. The van der Waals surface area contributed by atoms with E-state index in [0.29, 0.717) is 42.6 Å². The molecule has 1 aliphatic carbocycles. The van der Waals surface area contributed by atoms with Crippen LogP contribution in [0.15, 0.2) is 26.6 Å². The SMILES string of the molecule is O=C1CC2=NCCOC2=CC1=Nc1c(N2CCCC2)n2n(c1=O)CCC2. The largest absolute Gasteiger partial charge is 0.490 e. The van der Waals surface area contributed by atoms with E-state index in [0.717, 1.165) is 44.7 Å². The molecule has 136 valence electrons. The fourth-order valence-corrected chi connectivity index (χ4v) is 4.15. The summed E-state index contributed by atoms with van der Waals surface area (Å²) in [5.41, 5.74) is 1.27. The standard InChI is InChI=1S/C18H21N5O3/c24-14-10-13-15(26-9-4-19-13)11-12(14)20-16-17(21-5-1-2-6-21)22-7-3-8-23(22)18(16)25/h11H,1-10H2. The fraction of sp³-hybridized carbons (Fsp3) is 0.556. The first-order chi connectivity index (χ1) is 12.7. The van der Waals surface area contributed by atoms with Crippen molar-refractivity contribution in [3.63, 3.8) is 0 Å². The molecule has 4 aliphatic rings. The van der Waals surface area contributed by atoms with Gasteiger partial charge in [-0.05, 0) is 19.3 Å². The third-order valence-corrected chi connectivity index (χ3v) is 5.38. The van der Waals surface area contributed by atoms with Crippen LogP contribution in [-0.2, 0) is 22.6 Å².